The van der Waals surface area contributed by atoms with Crippen LogP contribution in [-0.4, -0.2) is 40.4 Å². The second kappa shape index (κ2) is 7.58. The van der Waals surface area contributed by atoms with Crippen LogP contribution in [0.25, 0.3) is 0 Å². The van der Waals surface area contributed by atoms with Gasteiger partial charge in [-0.1, -0.05) is 30.3 Å². The summed E-state index contributed by atoms with van der Waals surface area (Å²) in [5, 5.41) is 22.3. The van der Waals surface area contributed by atoms with Gasteiger partial charge in [-0.25, -0.2) is 4.98 Å². The molecule has 132 valence electrons. The standard InChI is InChI=1S/C18H21N3O4/c22-18(8-11-25-12-9-18)14-20(13-15-5-2-1-3-6-15)17-16(21(23)24)7-4-10-19-17/h1-7,10,22H,8-9,11-14H2. The van der Waals surface area contributed by atoms with Crippen molar-refractivity contribution in [1.82, 2.24) is 4.98 Å². The smallest absolute Gasteiger partial charge is 0.311 e. The Balaban J connectivity index is 1.93. The maximum absolute atomic E-state index is 11.4. The van der Waals surface area contributed by atoms with Gasteiger partial charge in [0.1, 0.15) is 0 Å². The van der Waals surface area contributed by atoms with Crippen molar-refractivity contribution in [2.45, 2.75) is 25.0 Å². The van der Waals surface area contributed by atoms with E-state index in [1.165, 1.54) is 12.3 Å². The van der Waals surface area contributed by atoms with Crippen LogP contribution >= 0.6 is 0 Å². The van der Waals surface area contributed by atoms with Crippen molar-refractivity contribution in [2.75, 3.05) is 24.7 Å². The number of aliphatic hydroxyl groups is 1. The van der Waals surface area contributed by atoms with Gasteiger partial charge in [0.25, 0.3) is 0 Å². The highest BCUT2D eigenvalue weighted by Gasteiger charge is 2.34. The Morgan fingerprint density at radius 1 is 1.20 bits per heavy atom. The van der Waals surface area contributed by atoms with Crippen molar-refractivity contribution in [3.05, 3.63) is 64.3 Å². The zero-order valence-electron chi connectivity index (χ0n) is 13.9. The summed E-state index contributed by atoms with van der Waals surface area (Å²) in [6.45, 7) is 1.67. The van der Waals surface area contributed by atoms with Crippen LogP contribution in [-0.2, 0) is 11.3 Å². The normalized spacial score (nSPS) is 16.4. The van der Waals surface area contributed by atoms with Crippen molar-refractivity contribution >= 4 is 11.5 Å². The summed E-state index contributed by atoms with van der Waals surface area (Å²) in [5.41, 5.74) is -0.00879. The van der Waals surface area contributed by atoms with E-state index in [4.69, 9.17) is 4.74 Å². The molecule has 3 rings (SSSR count). The van der Waals surface area contributed by atoms with Gasteiger partial charge in [0, 0.05) is 51.4 Å². The number of aromatic nitrogens is 1. The molecule has 0 spiro atoms. The number of nitro groups is 1. The van der Waals surface area contributed by atoms with Crippen LogP contribution in [0.4, 0.5) is 11.5 Å². The van der Waals surface area contributed by atoms with Gasteiger partial charge >= 0.3 is 5.69 Å². The summed E-state index contributed by atoms with van der Waals surface area (Å²) in [6.07, 6.45) is 2.53. The Morgan fingerprint density at radius 3 is 2.60 bits per heavy atom. The molecule has 2 aromatic rings. The highest BCUT2D eigenvalue weighted by molar-refractivity contribution is 5.57. The van der Waals surface area contributed by atoms with Crippen molar-refractivity contribution < 1.29 is 14.8 Å². The van der Waals surface area contributed by atoms with Gasteiger partial charge in [0.2, 0.25) is 5.82 Å². The van der Waals surface area contributed by atoms with Crippen LogP contribution in [0.3, 0.4) is 0 Å². The minimum atomic E-state index is -0.946. The average molecular weight is 343 g/mol. The van der Waals surface area contributed by atoms with Crippen LogP contribution in [0.5, 0.6) is 0 Å². The maximum Gasteiger partial charge on any atom is 0.311 e. The molecule has 0 aliphatic carbocycles. The number of hydrogen-bond acceptors (Lipinski definition) is 6. The van der Waals surface area contributed by atoms with Gasteiger partial charge < -0.3 is 14.7 Å². The van der Waals surface area contributed by atoms with Gasteiger partial charge in [-0.15, -0.1) is 0 Å². The molecule has 1 aliphatic heterocycles. The number of nitrogens with zero attached hydrogens (tertiary/aromatic N) is 3. The Labute approximate surface area is 146 Å². The molecular formula is C18H21N3O4. The van der Waals surface area contributed by atoms with Crippen molar-refractivity contribution in [1.29, 1.82) is 0 Å². The first-order chi connectivity index (χ1) is 12.1. The first kappa shape index (κ1) is 17.3. The number of anilines is 1. The van der Waals surface area contributed by atoms with Crippen LogP contribution in [0.2, 0.25) is 0 Å². The number of pyridine rings is 1. The summed E-state index contributed by atoms with van der Waals surface area (Å²) in [4.78, 5) is 17.0. The quantitative estimate of drug-likeness (QED) is 0.640. The van der Waals surface area contributed by atoms with Crippen molar-refractivity contribution in [2.24, 2.45) is 0 Å². The molecule has 1 aromatic carbocycles. The SMILES string of the molecule is O=[N+]([O-])c1cccnc1N(Cc1ccccc1)CC1(O)CCOCC1. The predicted octanol–water partition coefficient (Wildman–Crippen LogP) is 2.54. The third-order valence-corrected chi connectivity index (χ3v) is 4.39. The van der Waals surface area contributed by atoms with E-state index in [9.17, 15) is 15.2 Å². The summed E-state index contributed by atoms with van der Waals surface area (Å²) < 4.78 is 5.33. The largest absolute Gasteiger partial charge is 0.388 e. The summed E-state index contributed by atoms with van der Waals surface area (Å²) in [7, 11) is 0. The fourth-order valence-corrected chi connectivity index (χ4v) is 3.05. The number of ether oxygens (including phenoxy) is 1. The molecule has 0 amide bonds. The van der Waals surface area contributed by atoms with Crippen LogP contribution < -0.4 is 4.90 Å². The van der Waals surface area contributed by atoms with E-state index in [2.05, 4.69) is 4.98 Å². The highest BCUT2D eigenvalue weighted by Crippen LogP contribution is 2.30. The fraction of sp³-hybridized carbons (Fsp3) is 0.389. The molecule has 25 heavy (non-hydrogen) atoms. The second-order valence-corrected chi connectivity index (χ2v) is 6.28. The van der Waals surface area contributed by atoms with Gasteiger partial charge in [-0.05, 0) is 11.6 Å². The van der Waals surface area contributed by atoms with Crippen LogP contribution in [0.15, 0.2) is 48.7 Å². The van der Waals surface area contributed by atoms with Gasteiger partial charge in [-0.3, -0.25) is 10.1 Å². The molecular weight excluding hydrogens is 322 g/mol. The molecule has 1 aliphatic rings. The zero-order valence-corrected chi connectivity index (χ0v) is 13.9. The summed E-state index contributed by atoms with van der Waals surface area (Å²) >= 11 is 0. The lowest BCUT2D eigenvalue weighted by atomic mass is 9.93. The van der Waals surface area contributed by atoms with Crippen LogP contribution in [0.1, 0.15) is 18.4 Å². The molecule has 1 fully saturated rings. The summed E-state index contributed by atoms with van der Waals surface area (Å²) in [5.74, 6) is 0.274. The van der Waals surface area contributed by atoms with E-state index in [1.807, 2.05) is 30.3 Å². The predicted molar refractivity (Wildman–Crippen MR) is 93.4 cm³/mol. The highest BCUT2D eigenvalue weighted by atomic mass is 16.6. The topological polar surface area (TPSA) is 88.7 Å². The monoisotopic (exact) mass is 343 g/mol. The molecule has 1 saturated heterocycles. The first-order valence-corrected chi connectivity index (χ1v) is 8.26. The second-order valence-electron chi connectivity index (χ2n) is 6.28. The van der Waals surface area contributed by atoms with E-state index >= 15 is 0 Å². The Kier molecular flexibility index (Phi) is 5.25. The lowest BCUT2D eigenvalue weighted by Crippen LogP contribution is -2.47. The van der Waals surface area contributed by atoms with Gasteiger partial charge in [0.15, 0.2) is 0 Å². The zero-order chi connectivity index (χ0) is 17.7. The van der Waals surface area contributed by atoms with Crippen molar-refractivity contribution in [3.8, 4) is 0 Å². The van der Waals surface area contributed by atoms with E-state index < -0.39 is 10.5 Å². The average Bonchev–Trinajstić information content (AvgIpc) is 2.62. The van der Waals surface area contributed by atoms with Crippen LogP contribution in [0, 0.1) is 10.1 Å². The molecule has 2 heterocycles. The van der Waals surface area contributed by atoms with E-state index in [0.29, 0.717) is 32.6 Å². The molecule has 0 radical (unpaired) electrons. The Morgan fingerprint density at radius 2 is 1.92 bits per heavy atom. The van der Waals surface area contributed by atoms with E-state index in [0.717, 1.165) is 5.56 Å². The third kappa shape index (κ3) is 4.32. The number of benzene rings is 1. The third-order valence-electron chi connectivity index (χ3n) is 4.39. The minimum absolute atomic E-state index is 0.0610. The van der Waals surface area contributed by atoms with Gasteiger partial charge in [-0.2, -0.15) is 0 Å². The van der Waals surface area contributed by atoms with Crippen molar-refractivity contribution in [3.63, 3.8) is 0 Å². The maximum atomic E-state index is 11.4. The minimum Gasteiger partial charge on any atom is -0.388 e. The lowest BCUT2D eigenvalue weighted by Gasteiger charge is -2.37. The number of hydrogen-bond donors (Lipinski definition) is 1. The summed E-state index contributed by atoms with van der Waals surface area (Å²) in [6, 6.07) is 12.7. The lowest BCUT2D eigenvalue weighted by molar-refractivity contribution is -0.384. The molecule has 7 nitrogen and oxygen atoms in total. The fourth-order valence-electron chi connectivity index (χ4n) is 3.05. The molecule has 1 N–H and O–H groups in total. The van der Waals surface area contributed by atoms with E-state index in [-0.39, 0.29) is 18.1 Å². The van der Waals surface area contributed by atoms with Gasteiger partial charge in [0.05, 0.1) is 10.5 Å². The Hall–Kier alpha value is -2.51. The van der Waals surface area contributed by atoms with E-state index in [1.54, 1.807) is 11.0 Å². The molecule has 1 aromatic heterocycles. The Bertz CT molecular complexity index is 717. The molecule has 7 heteroatoms. The molecule has 0 bridgehead atoms. The molecule has 0 saturated carbocycles. The number of rotatable bonds is 6. The molecule has 0 atom stereocenters. The first-order valence-electron chi connectivity index (χ1n) is 8.26. The molecule has 0 unspecified atom stereocenters.